The maximum atomic E-state index is 13.5. The first kappa shape index (κ1) is 25.6. The van der Waals surface area contributed by atoms with Crippen LogP contribution in [0.4, 0.5) is 30.2 Å². The number of amides is 1. The van der Waals surface area contributed by atoms with Gasteiger partial charge < -0.3 is 20.4 Å². The van der Waals surface area contributed by atoms with E-state index in [1.807, 2.05) is 32.0 Å². The molecule has 0 radical (unpaired) electrons. The molecule has 12 heteroatoms. The number of nitrogens with zero attached hydrogens (tertiary/aromatic N) is 4. The summed E-state index contributed by atoms with van der Waals surface area (Å²) >= 11 is 0. The van der Waals surface area contributed by atoms with Crippen LogP contribution in [-0.2, 0) is 18.0 Å². The number of carbonyl (C=O) groups excluding carboxylic acids is 1. The van der Waals surface area contributed by atoms with Gasteiger partial charge in [0.15, 0.2) is 0 Å². The van der Waals surface area contributed by atoms with Crippen molar-refractivity contribution in [2.75, 3.05) is 41.5 Å². The van der Waals surface area contributed by atoms with Crippen molar-refractivity contribution < 1.29 is 22.7 Å². The van der Waals surface area contributed by atoms with Gasteiger partial charge >= 0.3 is 6.18 Å². The summed E-state index contributed by atoms with van der Waals surface area (Å²) in [5.41, 5.74) is 10.6. The third-order valence-electron chi connectivity index (χ3n) is 6.75. The number of carbonyl (C=O) groups is 1. The molecule has 3 N–H and O–H groups in total. The van der Waals surface area contributed by atoms with Gasteiger partial charge in [0, 0.05) is 43.2 Å². The van der Waals surface area contributed by atoms with Gasteiger partial charge in [-0.15, -0.1) is 5.53 Å². The molecule has 2 aliphatic heterocycles. The lowest BCUT2D eigenvalue weighted by Crippen LogP contribution is -2.37. The van der Waals surface area contributed by atoms with Crippen molar-refractivity contribution in [2.24, 2.45) is 7.05 Å². The van der Waals surface area contributed by atoms with Crippen LogP contribution in [0.25, 0.3) is 5.70 Å². The summed E-state index contributed by atoms with van der Waals surface area (Å²) in [5, 5.41) is 8.73. The van der Waals surface area contributed by atoms with Crippen LogP contribution in [0.5, 0.6) is 0 Å². The van der Waals surface area contributed by atoms with Gasteiger partial charge in [0.2, 0.25) is 0 Å². The van der Waals surface area contributed by atoms with Crippen LogP contribution in [0.3, 0.4) is 0 Å². The van der Waals surface area contributed by atoms with E-state index in [1.165, 1.54) is 6.07 Å². The Morgan fingerprint density at radius 1 is 1.08 bits per heavy atom. The number of nitrogens with one attached hydrogen (secondary N) is 3. The summed E-state index contributed by atoms with van der Waals surface area (Å²) in [5.74, 6) is -0.514. The van der Waals surface area contributed by atoms with Crippen molar-refractivity contribution in [3.8, 4) is 0 Å². The molecule has 3 aromatic rings. The maximum Gasteiger partial charge on any atom is 0.416 e. The van der Waals surface area contributed by atoms with Crippen LogP contribution in [-0.4, -0.2) is 42.0 Å². The van der Waals surface area contributed by atoms with E-state index in [1.54, 1.807) is 34.1 Å². The third-order valence-corrected chi connectivity index (χ3v) is 6.75. The average Bonchev–Trinajstić information content (AvgIpc) is 3.51. The first-order chi connectivity index (χ1) is 18.1. The van der Waals surface area contributed by atoms with E-state index >= 15 is 0 Å². The SMILES string of the molecule is Cc1ccc(C(=O)Nc2cc(C(F)(F)F)ccc2N2CCOCC2)cc1N1C=C(c2cnn(C)c2C)NN1. The molecule has 5 rings (SSSR count). The van der Waals surface area contributed by atoms with Gasteiger partial charge in [-0.3, -0.25) is 14.5 Å². The first-order valence-electron chi connectivity index (χ1n) is 12.1. The Morgan fingerprint density at radius 3 is 2.53 bits per heavy atom. The molecule has 1 amide bonds. The van der Waals surface area contributed by atoms with E-state index in [4.69, 9.17) is 4.74 Å². The number of ether oxygens (including phenoxy) is 1. The lowest BCUT2D eigenvalue weighted by molar-refractivity contribution is -0.137. The highest BCUT2D eigenvalue weighted by Gasteiger charge is 2.32. The number of morpholine rings is 1. The van der Waals surface area contributed by atoms with Crippen molar-refractivity contribution in [3.05, 3.63) is 76.7 Å². The van der Waals surface area contributed by atoms with Crippen molar-refractivity contribution >= 4 is 28.7 Å². The predicted molar refractivity (Wildman–Crippen MR) is 138 cm³/mol. The van der Waals surface area contributed by atoms with Crippen molar-refractivity contribution in [3.63, 3.8) is 0 Å². The zero-order chi connectivity index (χ0) is 27.0. The fraction of sp³-hybridized carbons (Fsp3) is 0.308. The number of hydrogen-bond acceptors (Lipinski definition) is 7. The van der Waals surface area contributed by atoms with E-state index in [0.717, 1.165) is 34.7 Å². The molecule has 1 saturated heterocycles. The number of anilines is 3. The summed E-state index contributed by atoms with van der Waals surface area (Å²) in [6.45, 7) is 5.82. The van der Waals surface area contributed by atoms with Gasteiger partial charge in [-0.1, -0.05) is 6.07 Å². The fourth-order valence-corrected chi connectivity index (χ4v) is 4.44. The molecule has 3 heterocycles. The molecule has 0 unspecified atom stereocenters. The maximum absolute atomic E-state index is 13.5. The van der Waals surface area contributed by atoms with Crippen LogP contribution in [0, 0.1) is 13.8 Å². The van der Waals surface area contributed by atoms with Gasteiger partial charge in [0.05, 0.1) is 47.7 Å². The molecule has 38 heavy (non-hydrogen) atoms. The van der Waals surface area contributed by atoms with Crippen molar-refractivity contribution in [1.82, 2.24) is 20.7 Å². The number of aromatic nitrogens is 2. The van der Waals surface area contributed by atoms with Gasteiger partial charge in [0.25, 0.3) is 5.91 Å². The highest BCUT2D eigenvalue weighted by molar-refractivity contribution is 6.06. The minimum Gasteiger partial charge on any atom is -0.378 e. The molecular formula is C26H28F3N7O2. The molecule has 200 valence electrons. The zero-order valence-corrected chi connectivity index (χ0v) is 21.2. The second kappa shape index (κ2) is 10.0. The molecule has 9 nitrogen and oxygen atoms in total. The lowest BCUT2D eigenvalue weighted by atomic mass is 10.1. The topological polar surface area (TPSA) is 86.7 Å². The second-order valence-electron chi connectivity index (χ2n) is 9.20. The van der Waals surface area contributed by atoms with Crippen molar-refractivity contribution in [2.45, 2.75) is 20.0 Å². The Hall–Kier alpha value is -4.03. The summed E-state index contributed by atoms with van der Waals surface area (Å²) in [6, 6.07) is 8.55. The highest BCUT2D eigenvalue weighted by Crippen LogP contribution is 2.36. The van der Waals surface area contributed by atoms with Crippen molar-refractivity contribution in [1.29, 1.82) is 0 Å². The first-order valence-corrected chi connectivity index (χ1v) is 12.1. The Morgan fingerprint density at radius 2 is 1.84 bits per heavy atom. The van der Waals surface area contributed by atoms with E-state index in [2.05, 4.69) is 21.4 Å². The fourth-order valence-electron chi connectivity index (χ4n) is 4.44. The Bertz CT molecular complexity index is 1390. The Kier molecular flexibility index (Phi) is 6.76. The number of aryl methyl sites for hydroxylation is 2. The molecule has 0 bridgehead atoms. The Labute approximate surface area is 217 Å². The van der Waals surface area contributed by atoms with Gasteiger partial charge in [-0.25, -0.2) is 0 Å². The molecule has 0 spiro atoms. The minimum atomic E-state index is -4.54. The number of alkyl halides is 3. The predicted octanol–water partition coefficient (Wildman–Crippen LogP) is 3.97. The smallest absolute Gasteiger partial charge is 0.378 e. The molecule has 0 aliphatic carbocycles. The normalized spacial score (nSPS) is 15.9. The van der Waals surface area contributed by atoms with Gasteiger partial charge in [-0.05, 0) is 49.7 Å². The summed E-state index contributed by atoms with van der Waals surface area (Å²) < 4.78 is 47.6. The van der Waals surface area contributed by atoms with Crippen LogP contribution in [0.2, 0.25) is 0 Å². The Balaban J connectivity index is 1.43. The number of hydrogen-bond donors (Lipinski definition) is 3. The van der Waals surface area contributed by atoms with E-state index < -0.39 is 17.6 Å². The molecule has 0 saturated carbocycles. The standard InChI is InChI=1S/C26H28F3N7O2/c1-16-4-5-18(12-24(16)36-15-22(32-33-36)20-14-30-34(3)17(20)2)25(37)31-21-13-19(26(27,28)29)6-7-23(21)35-8-10-38-11-9-35/h4-7,12-15,32-33H,8-11H2,1-3H3,(H,31,37). The minimum absolute atomic E-state index is 0.101. The number of benzene rings is 2. The summed E-state index contributed by atoms with van der Waals surface area (Å²) in [4.78, 5) is 15.2. The molecule has 2 aliphatic rings. The lowest BCUT2D eigenvalue weighted by Gasteiger charge is -2.31. The molecule has 0 atom stereocenters. The zero-order valence-electron chi connectivity index (χ0n) is 21.2. The number of hydrazine groups is 2. The monoisotopic (exact) mass is 527 g/mol. The third kappa shape index (κ3) is 5.04. The molecular weight excluding hydrogens is 499 g/mol. The van der Waals surface area contributed by atoms with Crippen LogP contribution in [0.1, 0.15) is 32.7 Å². The molecule has 2 aromatic carbocycles. The number of rotatable bonds is 5. The largest absolute Gasteiger partial charge is 0.416 e. The summed E-state index contributed by atoms with van der Waals surface area (Å²) in [6.07, 6.45) is -0.917. The summed E-state index contributed by atoms with van der Waals surface area (Å²) in [7, 11) is 1.86. The average molecular weight is 528 g/mol. The second-order valence-corrected chi connectivity index (χ2v) is 9.20. The van der Waals surface area contributed by atoms with Crippen LogP contribution >= 0.6 is 0 Å². The quantitative estimate of drug-likeness (QED) is 0.463. The van der Waals surface area contributed by atoms with Gasteiger partial charge in [0.1, 0.15) is 0 Å². The number of halogens is 3. The van der Waals surface area contributed by atoms with E-state index in [0.29, 0.717) is 43.2 Å². The van der Waals surface area contributed by atoms with E-state index in [-0.39, 0.29) is 5.69 Å². The van der Waals surface area contributed by atoms with Crippen LogP contribution in [0.15, 0.2) is 48.8 Å². The van der Waals surface area contributed by atoms with E-state index in [9.17, 15) is 18.0 Å². The molecule has 1 fully saturated rings. The highest BCUT2D eigenvalue weighted by atomic mass is 19.4. The van der Waals surface area contributed by atoms with Crippen LogP contribution < -0.4 is 26.2 Å². The van der Waals surface area contributed by atoms with Gasteiger partial charge in [-0.2, -0.15) is 18.3 Å². The molecule has 1 aromatic heterocycles.